The van der Waals surface area contributed by atoms with E-state index >= 15 is 0 Å². The Balaban J connectivity index is 3.72. The van der Waals surface area contributed by atoms with Crippen molar-refractivity contribution >= 4 is 11.9 Å². The Morgan fingerprint density at radius 1 is 0.409 bits per heavy atom. The fourth-order valence-electron chi connectivity index (χ4n) is 6.36. The molecule has 0 amide bonds. The molecule has 262 valence electrons. The van der Waals surface area contributed by atoms with Crippen LogP contribution in [0.4, 0.5) is 0 Å². The summed E-state index contributed by atoms with van der Waals surface area (Å²) in [4.78, 5) is 23.2. The van der Waals surface area contributed by atoms with E-state index in [-0.39, 0.29) is 18.5 Å². The minimum atomic E-state index is -0.698. The molecule has 0 radical (unpaired) electrons. The van der Waals surface area contributed by atoms with Crippen molar-refractivity contribution in [3.63, 3.8) is 0 Å². The summed E-state index contributed by atoms with van der Waals surface area (Å²) in [7, 11) is 0. The van der Waals surface area contributed by atoms with Gasteiger partial charge in [0.25, 0.3) is 0 Å². The summed E-state index contributed by atoms with van der Waals surface area (Å²) in [5.41, 5.74) is 0. The third kappa shape index (κ3) is 35.4. The first-order valence-electron chi connectivity index (χ1n) is 20.0. The van der Waals surface area contributed by atoms with Gasteiger partial charge >= 0.3 is 11.9 Å². The van der Waals surface area contributed by atoms with Gasteiger partial charge in [0, 0.05) is 12.8 Å². The highest BCUT2D eigenvalue weighted by Gasteiger charge is 2.14. The molecule has 0 aliphatic heterocycles. The Kier molecular flexibility index (Phi) is 35.5. The number of carbonyl (C=O) groups is 2. The second kappa shape index (κ2) is 36.4. The lowest BCUT2D eigenvalue weighted by atomic mass is 10.0. The summed E-state index contributed by atoms with van der Waals surface area (Å²) < 4.78 is 5.96. The first-order chi connectivity index (χ1) is 21.6. The van der Waals surface area contributed by atoms with E-state index in [9.17, 15) is 9.59 Å². The van der Waals surface area contributed by atoms with Crippen LogP contribution in [-0.4, -0.2) is 23.1 Å². The molecule has 0 aromatic carbocycles. The Morgan fingerprint density at radius 2 is 0.682 bits per heavy atom. The average Bonchev–Trinajstić information content (AvgIpc) is 3.01. The van der Waals surface area contributed by atoms with Crippen LogP contribution in [0.15, 0.2) is 0 Å². The molecule has 0 saturated heterocycles. The van der Waals surface area contributed by atoms with Gasteiger partial charge in [-0.2, -0.15) is 0 Å². The van der Waals surface area contributed by atoms with Gasteiger partial charge in [-0.05, 0) is 38.5 Å². The van der Waals surface area contributed by atoms with Crippen molar-refractivity contribution in [3.05, 3.63) is 0 Å². The monoisotopic (exact) mass is 623 g/mol. The molecule has 0 saturated carbocycles. The van der Waals surface area contributed by atoms with Crippen LogP contribution < -0.4 is 0 Å². The van der Waals surface area contributed by atoms with E-state index in [0.29, 0.717) is 6.42 Å². The zero-order valence-corrected chi connectivity index (χ0v) is 30.0. The number of carboxylic acid groups (broad SMARTS) is 1. The summed E-state index contributed by atoms with van der Waals surface area (Å²) in [6, 6.07) is 0. The molecular formula is C40H78O4. The molecule has 0 fully saturated rings. The molecule has 1 atom stereocenters. The molecule has 4 heteroatoms. The highest BCUT2D eigenvalue weighted by molar-refractivity contribution is 5.69. The minimum Gasteiger partial charge on any atom is -0.481 e. The number of carboxylic acids is 1. The van der Waals surface area contributed by atoms with Gasteiger partial charge in [-0.3, -0.25) is 9.59 Å². The van der Waals surface area contributed by atoms with E-state index in [1.165, 1.54) is 148 Å². The van der Waals surface area contributed by atoms with E-state index in [1.54, 1.807) is 0 Å². The normalized spacial score (nSPS) is 12.0. The van der Waals surface area contributed by atoms with Gasteiger partial charge in [0.2, 0.25) is 0 Å². The highest BCUT2D eigenvalue weighted by Crippen LogP contribution is 2.19. The third-order valence-electron chi connectivity index (χ3n) is 9.33. The topological polar surface area (TPSA) is 63.6 Å². The van der Waals surface area contributed by atoms with E-state index < -0.39 is 5.97 Å². The summed E-state index contributed by atoms with van der Waals surface area (Å²) in [5.74, 6) is -0.694. The van der Waals surface area contributed by atoms with Gasteiger partial charge in [0.1, 0.15) is 6.10 Å². The summed E-state index contributed by atoms with van der Waals surface area (Å²) in [6.07, 6.45) is 42.8. The van der Waals surface area contributed by atoms with E-state index in [4.69, 9.17) is 9.84 Å². The average molecular weight is 623 g/mol. The van der Waals surface area contributed by atoms with E-state index in [2.05, 4.69) is 13.8 Å². The number of hydrogen-bond acceptors (Lipinski definition) is 3. The molecule has 1 N–H and O–H groups in total. The van der Waals surface area contributed by atoms with Crippen LogP contribution in [0.2, 0.25) is 0 Å². The molecule has 0 aromatic heterocycles. The summed E-state index contributed by atoms with van der Waals surface area (Å²) >= 11 is 0. The zero-order chi connectivity index (χ0) is 32.2. The Morgan fingerprint density at radius 3 is 1.00 bits per heavy atom. The summed E-state index contributed by atoms with van der Waals surface area (Å²) in [6.45, 7) is 4.54. The van der Waals surface area contributed by atoms with Crippen molar-refractivity contribution in [1.29, 1.82) is 0 Å². The second-order valence-electron chi connectivity index (χ2n) is 13.8. The van der Waals surface area contributed by atoms with Crippen molar-refractivity contribution in [2.24, 2.45) is 0 Å². The molecule has 0 rings (SSSR count). The van der Waals surface area contributed by atoms with Gasteiger partial charge < -0.3 is 9.84 Å². The molecule has 0 heterocycles. The predicted molar refractivity (Wildman–Crippen MR) is 190 cm³/mol. The smallest absolute Gasteiger partial charge is 0.306 e. The first-order valence-corrected chi connectivity index (χ1v) is 20.0. The lowest BCUT2D eigenvalue weighted by molar-refractivity contribution is -0.150. The van der Waals surface area contributed by atoms with E-state index in [0.717, 1.165) is 64.2 Å². The Labute approximate surface area is 275 Å². The summed E-state index contributed by atoms with van der Waals surface area (Å²) in [5, 5.41) is 8.78. The van der Waals surface area contributed by atoms with Gasteiger partial charge in [-0.1, -0.05) is 187 Å². The van der Waals surface area contributed by atoms with Crippen LogP contribution in [0, 0.1) is 0 Å². The maximum atomic E-state index is 12.6. The molecule has 44 heavy (non-hydrogen) atoms. The fourth-order valence-corrected chi connectivity index (χ4v) is 6.36. The lowest BCUT2D eigenvalue weighted by Crippen LogP contribution is -2.18. The van der Waals surface area contributed by atoms with Gasteiger partial charge in [-0.15, -0.1) is 0 Å². The number of unbranched alkanes of at least 4 members (excludes halogenated alkanes) is 28. The van der Waals surface area contributed by atoms with Crippen molar-refractivity contribution in [1.82, 2.24) is 0 Å². The predicted octanol–water partition coefficient (Wildman–Crippen LogP) is 13.7. The maximum absolute atomic E-state index is 12.6. The second-order valence-corrected chi connectivity index (χ2v) is 13.8. The van der Waals surface area contributed by atoms with Gasteiger partial charge in [-0.25, -0.2) is 0 Å². The largest absolute Gasteiger partial charge is 0.481 e. The Hall–Kier alpha value is -1.06. The first kappa shape index (κ1) is 42.9. The van der Waals surface area contributed by atoms with Crippen molar-refractivity contribution in [2.75, 3.05) is 0 Å². The molecule has 4 nitrogen and oxygen atoms in total. The standard InChI is InChI=1S/C40H78O4/c1-3-5-7-9-11-12-13-14-15-16-17-18-19-20-21-22-23-24-29-33-37-40(43)44-38(34-30-26-10-8-6-4-2)35-31-27-25-28-32-36-39(41)42/h38H,3-37H2,1-2H3,(H,41,42). The molecule has 0 aliphatic carbocycles. The number of esters is 1. The van der Waals surface area contributed by atoms with Gasteiger partial charge in [0.05, 0.1) is 0 Å². The number of ether oxygens (including phenoxy) is 1. The number of carbonyl (C=O) groups excluding carboxylic acids is 1. The zero-order valence-electron chi connectivity index (χ0n) is 30.0. The van der Waals surface area contributed by atoms with E-state index in [1.807, 2.05) is 0 Å². The molecule has 0 aromatic rings. The van der Waals surface area contributed by atoms with Crippen molar-refractivity contribution < 1.29 is 19.4 Å². The Bertz CT molecular complexity index is 590. The minimum absolute atomic E-state index is 0.00449. The lowest BCUT2D eigenvalue weighted by Gasteiger charge is -2.18. The van der Waals surface area contributed by atoms with Crippen molar-refractivity contribution in [2.45, 2.75) is 245 Å². The molecular weight excluding hydrogens is 544 g/mol. The van der Waals surface area contributed by atoms with Crippen LogP contribution >= 0.6 is 0 Å². The fraction of sp³-hybridized carbons (Fsp3) is 0.950. The van der Waals surface area contributed by atoms with Crippen LogP contribution in [0.25, 0.3) is 0 Å². The van der Waals surface area contributed by atoms with Gasteiger partial charge in [0.15, 0.2) is 0 Å². The quantitative estimate of drug-likeness (QED) is 0.0553. The number of hydrogen-bond donors (Lipinski definition) is 1. The number of aliphatic carboxylic acids is 1. The molecule has 0 aliphatic rings. The van der Waals surface area contributed by atoms with Crippen LogP contribution in [0.5, 0.6) is 0 Å². The number of rotatable bonds is 37. The highest BCUT2D eigenvalue weighted by atomic mass is 16.5. The van der Waals surface area contributed by atoms with Crippen molar-refractivity contribution in [3.8, 4) is 0 Å². The van der Waals surface area contributed by atoms with Crippen LogP contribution in [0.3, 0.4) is 0 Å². The van der Waals surface area contributed by atoms with Crippen LogP contribution in [0.1, 0.15) is 239 Å². The molecule has 0 spiro atoms. The third-order valence-corrected chi connectivity index (χ3v) is 9.33. The molecule has 1 unspecified atom stereocenters. The van der Waals surface area contributed by atoms with Crippen LogP contribution in [-0.2, 0) is 14.3 Å². The maximum Gasteiger partial charge on any atom is 0.306 e. The molecule has 0 bridgehead atoms. The SMILES string of the molecule is CCCCCCCCCCCCCCCCCCCCCCC(=O)OC(CCCCCCCC)CCCCCCCC(=O)O.